The minimum absolute atomic E-state index is 0.0720. The van der Waals surface area contributed by atoms with Crippen molar-refractivity contribution in [3.8, 4) is 0 Å². The minimum Gasteiger partial charge on any atom is -0.459 e. The summed E-state index contributed by atoms with van der Waals surface area (Å²) in [7, 11) is 0. The van der Waals surface area contributed by atoms with Crippen LogP contribution in [0.2, 0.25) is 0 Å². The minimum atomic E-state index is -0.205. The molecule has 124 valence electrons. The Kier molecular flexibility index (Phi) is 2.68. The second-order valence-corrected chi connectivity index (χ2v) is 10.4. The first-order valence-electron chi connectivity index (χ1n) is 9.28. The monoisotopic (exact) mass is 304 g/mol. The maximum absolute atomic E-state index is 12.5. The molecule has 1 saturated heterocycles. The Morgan fingerprint density at radius 2 is 1.73 bits per heavy atom. The zero-order chi connectivity index (χ0) is 16.0. The number of esters is 1. The van der Waals surface area contributed by atoms with Crippen LogP contribution in [0.3, 0.4) is 0 Å². The van der Waals surface area contributed by atoms with Crippen molar-refractivity contribution >= 4 is 5.97 Å². The topological polar surface area (TPSA) is 26.3 Å². The number of carbonyl (C=O) groups excluding carboxylic acids is 1. The molecule has 1 heterocycles. The van der Waals surface area contributed by atoms with Gasteiger partial charge in [-0.25, -0.2) is 0 Å². The molecule has 5 atom stereocenters. The third-order valence-corrected chi connectivity index (χ3v) is 8.71. The van der Waals surface area contributed by atoms with E-state index in [1.165, 1.54) is 32.1 Å². The second-order valence-electron chi connectivity index (χ2n) is 10.4. The van der Waals surface area contributed by atoms with Gasteiger partial charge in [-0.1, -0.05) is 34.1 Å². The summed E-state index contributed by atoms with van der Waals surface area (Å²) in [4.78, 5) is 12.5. The average molecular weight is 304 g/mol. The van der Waals surface area contributed by atoms with Crippen molar-refractivity contribution in [1.29, 1.82) is 0 Å². The summed E-state index contributed by atoms with van der Waals surface area (Å²) in [6, 6.07) is 0. The van der Waals surface area contributed by atoms with Crippen LogP contribution in [-0.4, -0.2) is 11.6 Å². The van der Waals surface area contributed by atoms with E-state index < -0.39 is 0 Å². The first kappa shape index (κ1) is 15.0. The van der Waals surface area contributed by atoms with E-state index >= 15 is 0 Å². The molecule has 0 aromatic rings. The number of rotatable bonds is 0. The van der Waals surface area contributed by atoms with Gasteiger partial charge in [-0.2, -0.15) is 0 Å². The van der Waals surface area contributed by atoms with Crippen molar-refractivity contribution in [3.05, 3.63) is 0 Å². The highest BCUT2D eigenvalue weighted by Gasteiger charge is 2.74. The summed E-state index contributed by atoms with van der Waals surface area (Å²) in [5.74, 6) is 0.831. The van der Waals surface area contributed by atoms with Gasteiger partial charge in [0.25, 0.3) is 0 Å². The summed E-state index contributed by atoms with van der Waals surface area (Å²) in [5, 5.41) is 0. The van der Waals surface area contributed by atoms with Crippen LogP contribution >= 0.6 is 0 Å². The van der Waals surface area contributed by atoms with E-state index in [0.29, 0.717) is 17.3 Å². The Bertz CT molecular complexity index is 538. The Morgan fingerprint density at radius 1 is 1.00 bits per heavy atom. The summed E-state index contributed by atoms with van der Waals surface area (Å²) in [6.45, 7) is 12.2. The smallest absolute Gasteiger partial charge is 0.306 e. The van der Waals surface area contributed by atoms with Crippen LogP contribution in [0.25, 0.3) is 0 Å². The Labute approximate surface area is 135 Å². The molecule has 0 amide bonds. The van der Waals surface area contributed by atoms with E-state index in [1.54, 1.807) is 0 Å². The second kappa shape index (κ2) is 3.92. The van der Waals surface area contributed by atoms with Crippen LogP contribution in [0.4, 0.5) is 0 Å². The molecule has 3 saturated carbocycles. The molecule has 4 aliphatic rings. The largest absolute Gasteiger partial charge is 0.459 e. The van der Waals surface area contributed by atoms with Gasteiger partial charge in [-0.05, 0) is 73.0 Å². The van der Waals surface area contributed by atoms with Gasteiger partial charge in [0.15, 0.2) is 0 Å². The molecule has 2 nitrogen and oxygen atoms in total. The highest BCUT2D eigenvalue weighted by Crippen LogP contribution is 2.78. The average Bonchev–Trinajstić information content (AvgIpc) is 2.51. The van der Waals surface area contributed by atoms with Crippen LogP contribution in [0.15, 0.2) is 0 Å². The molecule has 2 bridgehead atoms. The number of hydrogen-bond donors (Lipinski definition) is 0. The van der Waals surface area contributed by atoms with Crippen LogP contribution in [0.5, 0.6) is 0 Å². The van der Waals surface area contributed by atoms with Gasteiger partial charge in [0.05, 0.1) is 6.42 Å². The van der Waals surface area contributed by atoms with Crippen molar-refractivity contribution in [1.82, 2.24) is 0 Å². The quantitative estimate of drug-likeness (QED) is 0.582. The third-order valence-electron chi connectivity index (χ3n) is 8.71. The fraction of sp³-hybridized carbons (Fsp3) is 0.950. The lowest BCUT2D eigenvalue weighted by Gasteiger charge is -2.67. The fourth-order valence-electron chi connectivity index (χ4n) is 8.10. The highest BCUT2D eigenvalue weighted by molar-refractivity contribution is 5.73. The zero-order valence-electron chi connectivity index (χ0n) is 15.1. The summed E-state index contributed by atoms with van der Waals surface area (Å²) < 4.78 is 5.85. The first-order chi connectivity index (χ1) is 10.1. The summed E-state index contributed by atoms with van der Waals surface area (Å²) >= 11 is 0. The van der Waals surface area contributed by atoms with Crippen LogP contribution in [0, 0.1) is 27.6 Å². The molecule has 0 aromatic carbocycles. The van der Waals surface area contributed by atoms with E-state index in [9.17, 15) is 4.79 Å². The van der Waals surface area contributed by atoms with Crippen molar-refractivity contribution in [3.63, 3.8) is 0 Å². The highest BCUT2D eigenvalue weighted by atomic mass is 16.6. The molecule has 22 heavy (non-hydrogen) atoms. The van der Waals surface area contributed by atoms with E-state index in [1.807, 2.05) is 0 Å². The van der Waals surface area contributed by atoms with Crippen molar-refractivity contribution in [2.24, 2.45) is 27.6 Å². The Morgan fingerprint density at radius 3 is 2.45 bits per heavy atom. The maximum atomic E-state index is 12.5. The van der Waals surface area contributed by atoms with E-state index in [2.05, 4.69) is 34.6 Å². The molecule has 1 aliphatic heterocycles. The zero-order valence-corrected chi connectivity index (χ0v) is 15.1. The first-order valence-corrected chi connectivity index (χ1v) is 9.28. The molecule has 2 heteroatoms. The van der Waals surface area contributed by atoms with Crippen molar-refractivity contribution in [2.75, 3.05) is 0 Å². The molecule has 0 radical (unpaired) electrons. The van der Waals surface area contributed by atoms with Gasteiger partial charge in [-0.3, -0.25) is 4.79 Å². The van der Waals surface area contributed by atoms with E-state index in [0.717, 1.165) is 18.8 Å². The molecule has 4 rings (SSSR count). The maximum Gasteiger partial charge on any atom is 0.306 e. The standard InChI is InChI=1S/C20H32O2/c1-16(2)8-6-9-19(5)14(16)7-10-17(3)12-18(4)13-20(17,19)11-15(21)22-18/h14H,6-13H2,1-5H3/t14-,17-,18-,19-,20+/m0/s1. The van der Waals surface area contributed by atoms with Crippen molar-refractivity contribution in [2.45, 2.75) is 91.6 Å². The van der Waals surface area contributed by atoms with Gasteiger partial charge in [0.1, 0.15) is 5.60 Å². The lowest BCUT2D eigenvalue weighted by molar-refractivity contribution is -0.209. The molecular formula is C20H32O2. The van der Waals surface area contributed by atoms with Crippen LogP contribution in [0.1, 0.15) is 86.0 Å². The number of ether oxygens (including phenoxy) is 1. The fourth-order valence-corrected chi connectivity index (χ4v) is 8.10. The molecule has 3 aliphatic carbocycles. The van der Waals surface area contributed by atoms with Crippen molar-refractivity contribution < 1.29 is 9.53 Å². The SMILES string of the molecule is CC1(C)CCC[C@@]2(C)[C@H]1CC[C@@]1(C)C[C@@]3(C)C[C@]12CC(=O)O3. The van der Waals surface area contributed by atoms with E-state index in [4.69, 9.17) is 4.74 Å². The molecule has 0 N–H and O–H groups in total. The summed E-state index contributed by atoms with van der Waals surface area (Å²) in [6.07, 6.45) is 9.45. The lowest BCUT2D eigenvalue weighted by atomic mass is 9.37. The predicted octanol–water partition coefficient (Wildman–Crippen LogP) is 5.10. The number of carbonyl (C=O) groups is 1. The van der Waals surface area contributed by atoms with Crippen LogP contribution < -0.4 is 0 Å². The predicted molar refractivity (Wildman–Crippen MR) is 87.4 cm³/mol. The molecule has 4 fully saturated rings. The molecule has 1 spiro atoms. The van der Waals surface area contributed by atoms with Gasteiger partial charge >= 0.3 is 5.97 Å². The van der Waals surface area contributed by atoms with Gasteiger partial charge in [0, 0.05) is 0 Å². The molecule has 0 unspecified atom stereocenters. The Hall–Kier alpha value is -0.530. The third kappa shape index (κ3) is 1.55. The van der Waals surface area contributed by atoms with Gasteiger partial charge in [0.2, 0.25) is 0 Å². The normalized spacial score (nSPS) is 56.0. The van der Waals surface area contributed by atoms with Crippen LogP contribution in [-0.2, 0) is 9.53 Å². The summed E-state index contributed by atoms with van der Waals surface area (Å²) in [5.41, 5.74) is 0.975. The molecule has 0 aromatic heterocycles. The Balaban J connectivity index is 1.88. The molecular weight excluding hydrogens is 272 g/mol. The van der Waals surface area contributed by atoms with Gasteiger partial charge in [-0.15, -0.1) is 0 Å². The lowest BCUT2D eigenvalue weighted by Crippen LogP contribution is -2.61. The number of hydrogen-bond acceptors (Lipinski definition) is 2. The van der Waals surface area contributed by atoms with E-state index in [-0.39, 0.29) is 22.4 Å². The van der Waals surface area contributed by atoms with Gasteiger partial charge < -0.3 is 4.74 Å². The number of fused-ring (bicyclic) bond motifs is 2.